The van der Waals surface area contributed by atoms with E-state index in [1.54, 1.807) is 18.2 Å². The normalized spacial score (nSPS) is 26.2. The van der Waals surface area contributed by atoms with Gasteiger partial charge in [-0.15, -0.1) is 0 Å². The number of benzene rings is 1. The minimum atomic E-state index is -0.537. The molecule has 9 nitrogen and oxygen atoms in total. The van der Waals surface area contributed by atoms with Gasteiger partial charge in [0.15, 0.2) is 0 Å². The smallest absolute Gasteiger partial charge is 0.287 e. The van der Waals surface area contributed by atoms with Crippen LogP contribution in [0.1, 0.15) is 12.0 Å². The van der Waals surface area contributed by atoms with Gasteiger partial charge in [-0.25, -0.2) is 4.98 Å². The first kappa shape index (κ1) is 19.6. The van der Waals surface area contributed by atoms with Crippen molar-refractivity contribution in [2.24, 2.45) is 28.8 Å². The summed E-state index contributed by atoms with van der Waals surface area (Å²) in [6, 6.07) is 7.82. The molecule has 0 N–H and O–H groups in total. The number of nitro groups is 1. The standard InChI is InChI=1S/C21H15BrN4O5/c22-15-7-11(1-5-16(15)31-17-6-4-14(10-23-17)26(29)30)9-24-25-20(27)18-12-2-3-13(8-12)19(18)21(25)28/h1-7,9-10,12-13,18-19H,8H2. The van der Waals surface area contributed by atoms with E-state index < -0.39 is 4.92 Å². The van der Waals surface area contributed by atoms with Crippen LogP contribution in [0.25, 0.3) is 0 Å². The molecule has 2 heterocycles. The van der Waals surface area contributed by atoms with Gasteiger partial charge in [-0.2, -0.15) is 10.1 Å². The predicted octanol–water partition coefficient (Wildman–Crippen LogP) is 3.69. The summed E-state index contributed by atoms with van der Waals surface area (Å²) in [5.41, 5.74) is 0.534. The molecule has 1 saturated heterocycles. The van der Waals surface area contributed by atoms with Crippen molar-refractivity contribution < 1.29 is 19.2 Å². The largest absolute Gasteiger partial charge is 0.438 e. The third kappa shape index (κ3) is 3.32. The van der Waals surface area contributed by atoms with Crippen molar-refractivity contribution in [2.45, 2.75) is 6.42 Å². The minimum Gasteiger partial charge on any atom is -0.438 e. The zero-order valence-corrected chi connectivity index (χ0v) is 17.5. The lowest BCUT2D eigenvalue weighted by molar-refractivity contribution is -0.385. The van der Waals surface area contributed by atoms with Crippen LogP contribution in [0.2, 0.25) is 0 Å². The van der Waals surface area contributed by atoms with Gasteiger partial charge in [0.1, 0.15) is 11.9 Å². The number of hydrazone groups is 1. The van der Waals surface area contributed by atoms with Crippen molar-refractivity contribution >= 4 is 39.6 Å². The van der Waals surface area contributed by atoms with Crippen LogP contribution in [0.5, 0.6) is 11.6 Å². The maximum absolute atomic E-state index is 12.7. The van der Waals surface area contributed by atoms with Crippen LogP contribution >= 0.6 is 15.9 Å². The molecule has 156 valence electrons. The zero-order valence-electron chi connectivity index (χ0n) is 15.9. The average molecular weight is 483 g/mol. The summed E-state index contributed by atoms with van der Waals surface area (Å²) < 4.78 is 6.23. The van der Waals surface area contributed by atoms with E-state index in [9.17, 15) is 19.7 Å². The number of imide groups is 1. The van der Waals surface area contributed by atoms with Gasteiger partial charge in [-0.05, 0) is 57.9 Å². The number of aromatic nitrogens is 1. The Balaban J connectivity index is 1.29. The van der Waals surface area contributed by atoms with Gasteiger partial charge < -0.3 is 4.74 Å². The molecule has 2 amide bonds. The Hall–Kier alpha value is -3.40. The molecule has 4 atom stereocenters. The number of fused-ring (bicyclic) bond motifs is 5. The number of nitrogens with zero attached hydrogens (tertiary/aromatic N) is 4. The van der Waals surface area contributed by atoms with Gasteiger partial charge in [0.05, 0.1) is 27.4 Å². The van der Waals surface area contributed by atoms with E-state index in [4.69, 9.17) is 4.74 Å². The van der Waals surface area contributed by atoms with E-state index >= 15 is 0 Å². The van der Waals surface area contributed by atoms with Crippen LogP contribution in [0.3, 0.4) is 0 Å². The van der Waals surface area contributed by atoms with Gasteiger partial charge in [0.25, 0.3) is 17.5 Å². The molecule has 2 bridgehead atoms. The molecular weight excluding hydrogens is 468 g/mol. The molecule has 0 radical (unpaired) electrons. The monoisotopic (exact) mass is 482 g/mol. The van der Waals surface area contributed by atoms with Crippen LogP contribution in [-0.4, -0.2) is 32.9 Å². The molecule has 3 aliphatic rings. The van der Waals surface area contributed by atoms with E-state index in [1.165, 1.54) is 18.3 Å². The van der Waals surface area contributed by atoms with E-state index in [0.717, 1.165) is 17.6 Å². The summed E-state index contributed by atoms with van der Waals surface area (Å²) in [5, 5.41) is 15.9. The first-order valence-electron chi connectivity index (χ1n) is 9.60. The predicted molar refractivity (Wildman–Crippen MR) is 112 cm³/mol. The molecule has 1 saturated carbocycles. The zero-order chi connectivity index (χ0) is 21.7. The fourth-order valence-electron chi connectivity index (χ4n) is 4.46. The second kappa shape index (κ2) is 7.38. The van der Waals surface area contributed by atoms with Gasteiger partial charge in [-0.1, -0.05) is 12.2 Å². The number of carbonyl (C=O) groups is 2. The Kier molecular flexibility index (Phi) is 4.66. The second-order valence-corrected chi connectivity index (χ2v) is 8.49. The number of carbonyl (C=O) groups excluding carboxylic acids is 2. The summed E-state index contributed by atoms with van der Waals surface area (Å²) in [5.74, 6) is -0.0827. The number of allylic oxidation sites excluding steroid dienone is 2. The maximum Gasteiger partial charge on any atom is 0.287 e. The summed E-state index contributed by atoms with van der Waals surface area (Å²) >= 11 is 3.40. The molecule has 31 heavy (non-hydrogen) atoms. The third-order valence-electron chi connectivity index (χ3n) is 5.87. The lowest BCUT2D eigenvalue weighted by Crippen LogP contribution is -2.28. The molecule has 1 aromatic heterocycles. The minimum absolute atomic E-state index is 0.128. The van der Waals surface area contributed by atoms with Gasteiger partial charge in [-0.3, -0.25) is 19.7 Å². The lowest BCUT2D eigenvalue weighted by atomic mass is 9.85. The van der Waals surface area contributed by atoms with Crippen molar-refractivity contribution in [3.8, 4) is 11.6 Å². The van der Waals surface area contributed by atoms with Crippen molar-refractivity contribution in [2.75, 3.05) is 0 Å². The van der Waals surface area contributed by atoms with Crippen molar-refractivity contribution in [3.63, 3.8) is 0 Å². The average Bonchev–Trinajstić information content (AvgIpc) is 3.43. The molecule has 2 fully saturated rings. The molecule has 10 heteroatoms. The fourth-order valence-corrected chi connectivity index (χ4v) is 4.94. The maximum atomic E-state index is 12.7. The Morgan fingerprint density at radius 3 is 2.45 bits per heavy atom. The van der Waals surface area contributed by atoms with Crippen LogP contribution < -0.4 is 4.74 Å². The number of amides is 2. The number of ether oxygens (including phenoxy) is 1. The number of rotatable bonds is 5. The van der Waals surface area contributed by atoms with Gasteiger partial charge in [0, 0.05) is 12.1 Å². The summed E-state index contributed by atoms with van der Waals surface area (Å²) in [6.07, 6.45) is 7.54. The Morgan fingerprint density at radius 1 is 1.16 bits per heavy atom. The first-order valence-corrected chi connectivity index (χ1v) is 10.4. The SMILES string of the molecule is O=C1C2C3C=CC(C3)C2C(=O)N1N=Cc1ccc(Oc2ccc([N+](=O)[O-])cn2)c(Br)c1. The van der Waals surface area contributed by atoms with E-state index in [0.29, 0.717) is 15.8 Å². The van der Waals surface area contributed by atoms with Gasteiger partial charge >= 0.3 is 0 Å². The van der Waals surface area contributed by atoms with Crippen LogP contribution in [-0.2, 0) is 9.59 Å². The molecule has 2 aromatic rings. The quantitative estimate of drug-likeness (QED) is 0.211. The van der Waals surface area contributed by atoms with Crippen LogP contribution in [0, 0.1) is 33.8 Å². The van der Waals surface area contributed by atoms with Gasteiger partial charge in [0.2, 0.25) is 5.88 Å². The summed E-state index contributed by atoms with van der Waals surface area (Å²) in [7, 11) is 0. The van der Waals surface area contributed by atoms with Crippen molar-refractivity contribution in [1.82, 2.24) is 9.99 Å². The molecule has 1 aromatic carbocycles. The Bertz CT molecular complexity index is 1130. The number of pyridine rings is 1. The van der Waals surface area contributed by atoms with Crippen LogP contribution in [0.4, 0.5) is 5.69 Å². The number of halogens is 1. The van der Waals surface area contributed by atoms with Crippen LogP contribution in [0.15, 0.2) is 58.3 Å². The van der Waals surface area contributed by atoms with Crippen molar-refractivity contribution in [3.05, 3.63) is 68.8 Å². The summed E-state index contributed by atoms with van der Waals surface area (Å²) in [6.45, 7) is 0. The highest BCUT2D eigenvalue weighted by Crippen LogP contribution is 2.52. The van der Waals surface area contributed by atoms with Crippen molar-refractivity contribution in [1.29, 1.82) is 0 Å². The highest BCUT2D eigenvalue weighted by molar-refractivity contribution is 9.10. The van der Waals surface area contributed by atoms with E-state index in [1.807, 2.05) is 12.2 Å². The van der Waals surface area contributed by atoms with E-state index in [2.05, 4.69) is 26.0 Å². The molecular formula is C21H15BrN4O5. The Morgan fingerprint density at radius 2 is 1.87 bits per heavy atom. The topological polar surface area (TPSA) is 115 Å². The molecule has 2 aliphatic carbocycles. The highest BCUT2D eigenvalue weighted by atomic mass is 79.9. The third-order valence-corrected chi connectivity index (χ3v) is 6.49. The highest BCUT2D eigenvalue weighted by Gasteiger charge is 2.59. The molecule has 4 unspecified atom stereocenters. The number of hydrogen-bond acceptors (Lipinski definition) is 7. The number of hydrogen-bond donors (Lipinski definition) is 0. The second-order valence-electron chi connectivity index (χ2n) is 7.64. The lowest BCUT2D eigenvalue weighted by Gasteiger charge is -2.13. The molecule has 1 aliphatic heterocycles. The first-order chi connectivity index (χ1) is 14.9. The fraction of sp³-hybridized carbons (Fsp3) is 0.238. The summed E-state index contributed by atoms with van der Waals surface area (Å²) in [4.78, 5) is 39.4. The molecule has 0 spiro atoms. The Labute approximate surface area is 184 Å². The molecule has 5 rings (SSSR count). The van der Waals surface area contributed by atoms with E-state index in [-0.39, 0.29) is 47.1 Å².